The summed E-state index contributed by atoms with van der Waals surface area (Å²) in [5.41, 5.74) is 2.08. The number of aliphatic hydroxyl groups excluding tert-OH is 1. The third-order valence-electron chi connectivity index (χ3n) is 2.52. The third-order valence-corrected chi connectivity index (χ3v) is 3.40. The van der Waals surface area contributed by atoms with Crippen molar-refractivity contribution in [3.63, 3.8) is 0 Å². The molecule has 15 heavy (non-hydrogen) atoms. The predicted octanol–water partition coefficient (Wildman–Crippen LogP) is 2.35. The van der Waals surface area contributed by atoms with E-state index in [1.165, 1.54) is 0 Å². The molecule has 0 aromatic carbocycles. The number of aromatic nitrogens is 2. The Morgan fingerprint density at radius 3 is 2.93 bits per heavy atom. The molecule has 0 spiro atoms. The van der Waals surface area contributed by atoms with Gasteiger partial charge < -0.3 is 9.67 Å². The fourth-order valence-electron chi connectivity index (χ4n) is 1.63. The molecule has 0 bridgehead atoms. The van der Waals surface area contributed by atoms with Crippen molar-refractivity contribution in [1.29, 1.82) is 0 Å². The molecule has 80 valence electrons. The van der Waals surface area contributed by atoms with Gasteiger partial charge in [0.1, 0.15) is 11.9 Å². The monoisotopic (exact) mass is 222 g/mol. The summed E-state index contributed by atoms with van der Waals surface area (Å²) in [7, 11) is 0. The van der Waals surface area contributed by atoms with Crippen LogP contribution in [0.5, 0.6) is 0 Å². The highest BCUT2D eigenvalue weighted by atomic mass is 32.1. The largest absolute Gasteiger partial charge is 0.380 e. The Labute approximate surface area is 93.0 Å². The number of hydrogen-bond acceptors (Lipinski definition) is 3. The molecule has 0 aliphatic carbocycles. The van der Waals surface area contributed by atoms with Crippen molar-refractivity contribution in [2.24, 2.45) is 0 Å². The van der Waals surface area contributed by atoms with Crippen molar-refractivity contribution in [1.82, 2.24) is 9.55 Å². The summed E-state index contributed by atoms with van der Waals surface area (Å²) in [5, 5.41) is 14.2. The van der Waals surface area contributed by atoms with E-state index in [-0.39, 0.29) is 0 Å². The Kier molecular flexibility index (Phi) is 2.88. The summed E-state index contributed by atoms with van der Waals surface area (Å²) in [6, 6.07) is 0. The summed E-state index contributed by atoms with van der Waals surface area (Å²) in [6.07, 6.45) is 3.01. The number of nitrogens with zero attached hydrogens (tertiary/aromatic N) is 2. The van der Waals surface area contributed by atoms with Gasteiger partial charge in [0.15, 0.2) is 0 Å². The molecule has 2 aromatic rings. The summed E-state index contributed by atoms with van der Waals surface area (Å²) in [5.74, 6) is 0.721. The molecule has 2 aromatic heterocycles. The summed E-state index contributed by atoms with van der Waals surface area (Å²) in [4.78, 5) is 4.20. The maximum absolute atomic E-state index is 10.2. The van der Waals surface area contributed by atoms with Gasteiger partial charge in [0.2, 0.25) is 0 Å². The van der Waals surface area contributed by atoms with Crippen LogP contribution in [0, 0.1) is 6.92 Å². The van der Waals surface area contributed by atoms with Gasteiger partial charge in [-0.2, -0.15) is 11.3 Å². The van der Waals surface area contributed by atoms with Gasteiger partial charge in [-0.15, -0.1) is 0 Å². The molecule has 0 amide bonds. The van der Waals surface area contributed by atoms with Crippen LogP contribution < -0.4 is 0 Å². The van der Waals surface area contributed by atoms with E-state index in [9.17, 15) is 5.11 Å². The Bertz CT molecular complexity index is 447. The van der Waals surface area contributed by atoms with Gasteiger partial charge in [0.25, 0.3) is 0 Å². The number of aliphatic hydroxyl groups is 1. The lowest BCUT2D eigenvalue weighted by atomic mass is 10.1. The molecule has 4 heteroatoms. The first-order valence-electron chi connectivity index (χ1n) is 4.95. The number of hydrogen-bond donors (Lipinski definition) is 1. The molecule has 1 N–H and O–H groups in total. The zero-order chi connectivity index (χ0) is 10.8. The number of aryl methyl sites for hydroxylation is 2. The van der Waals surface area contributed by atoms with Gasteiger partial charge in [-0.05, 0) is 30.2 Å². The highest BCUT2D eigenvalue weighted by Crippen LogP contribution is 2.26. The van der Waals surface area contributed by atoms with Crippen LogP contribution in [0.15, 0.2) is 23.2 Å². The smallest absolute Gasteiger partial charge is 0.142 e. The number of thiophene rings is 1. The van der Waals surface area contributed by atoms with E-state index in [1.54, 1.807) is 17.5 Å². The van der Waals surface area contributed by atoms with Crippen molar-refractivity contribution in [3.8, 4) is 0 Å². The second-order valence-corrected chi connectivity index (χ2v) is 4.23. The van der Waals surface area contributed by atoms with Gasteiger partial charge in [-0.3, -0.25) is 0 Å². The quantitative estimate of drug-likeness (QED) is 0.865. The van der Waals surface area contributed by atoms with Gasteiger partial charge in [-0.25, -0.2) is 4.98 Å². The van der Waals surface area contributed by atoms with Crippen LogP contribution in [-0.4, -0.2) is 14.7 Å². The molecule has 0 saturated carbocycles. The first kappa shape index (κ1) is 10.4. The van der Waals surface area contributed by atoms with E-state index in [0.29, 0.717) is 0 Å². The molecule has 3 nitrogen and oxygen atoms in total. The van der Waals surface area contributed by atoms with Crippen LogP contribution in [0.3, 0.4) is 0 Å². The van der Waals surface area contributed by atoms with E-state index in [0.717, 1.165) is 23.5 Å². The van der Waals surface area contributed by atoms with Crippen molar-refractivity contribution >= 4 is 11.3 Å². The van der Waals surface area contributed by atoms with Gasteiger partial charge in [0, 0.05) is 24.5 Å². The second-order valence-electron chi connectivity index (χ2n) is 3.48. The lowest BCUT2D eigenvalue weighted by molar-refractivity contribution is 0.204. The first-order chi connectivity index (χ1) is 7.24. The van der Waals surface area contributed by atoms with Gasteiger partial charge in [-0.1, -0.05) is 0 Å². The SMILES string of the molecule is CCn1ccnc1C(O)c1cscc1C. The summed E-state index contributed by atoms with van der Waals surface area (Å²) in [6.45, 7) is 4.88. The number of imidazole rings is 1. The average Bonchev–Trinajstić information content (AvgIpc) is 2.84. The van der Waals surface area contributed by atoms with E-state index in [2.05, 4.69) is 4.98 Å². The molecule has 0 fully saturated rings. The topological polar surface area (TPSA) is 38.0 Å². The minimum atomic E-state index is -0.605. The highest BCUT2D eigenvalue weighted by Gasteiger charge is 2.17. The summed E-state index contributed by atoms with van der Waals surface area (Å²) >= 11 is 1.61. The predicted molar refractivity (Wildman–Crippen MR) is 61.0 cm³/mol. The van der Waals surface area contributed by atoms with Crippen LogP contribution in [0.4, 0.5) is 0 Å². The summed E-state index contributed by atoms with van der Waals surface area (Å²) < 4.78 is 1.96. The van der Waals surface area contributed by atoms with E-state index < -0.39 is 6.10 Å². The molecule has 0 radical (unpaired) electrons. The first-order valence-corrected chi connectivity index (χ1v) is 5.90. The van der Waals surface area contributed by atoms with Crippen LogP contribution in [0.25, 0.3) is 0 Å². The molecular formula is C11H14N2OS. The van der Waals surface area contributed by atoms with Crippen LogP contribution in [0.2, 0.25) is 0 Å². The Morgan fingerprint density at radius 1 is 1.53 bits per heavy atom. The Balaban J connectivity index is 2.36. The maximum atomic E-state index is 10.2. The Hall–Kier alpha value is -1.13. The van der Waals surface area contributed by atoms with Crippen molar-refractivity contribution in [2.75, 3.05) is 0 Å². The molecule has 0 aliphatic rings. The zero-order valence-electron chi connectivity index (χ0n) is 8.84. The van der Waals surface area contributed by atoms with Gasteiger partial charge in [0.05, 0.1) is 0 Å². The molecule has 0 saturated heterocycles. The van der Waals surface area contributed by atoms with Crippen molar-refractivity contribution in [2.45, 2.75) is 26.5 Å². The molecular weight excluding hydrogens is 208 g/mol. The standard InChI is InChI=1S/C11H14N2OS/c1-3-13-5-4-12-11(13)10(14)9-7-15-6-8(9)2/h4-7,10,14H,3H2,1-2H3. The minimum Gasteiger partial charge on any atom is -0.380 e. The molecule has 2 heterocycles. The maximum Gasteiger partial charge on any atom is 0.142 e. The van der Waals surface area contributed by atoms with Crippen LogP contribution in [0.1, 0.15) is 30.0 Å². The third kappa shape index (κ3) is 1.82. The normalized spacial score (nSPS) is 13.0. The zero-order valence-corrected chi connectivity index (χ0v) is 9.66. The second kappa shape index (κ2) is 4.16. The molecule has 2 rings (SSSR count). The molecule has 1 atom stereocenters. The fraction of sp³-hybridized carbons (Fsp3) is 0.364. The van der Waals surface area contributed by atoms with Crippen molar-refractivity contribution in [3.05, 3.63) is 40.1 Å². The lowest BCUT2D eigenvalue weighted by Crippen LogP contribution is -2.08. The van der Waals surface area contributed by atoms with E-state index in [4.69, 9.17) is 0 Å². The van der Waals surface area contributed by atoms with Gasteiger partial charge >= 0.3 is 0 Å². The molecule has 0 aliphatic heterocycles. The average molecular weight is 222 g/mol. The fourth-order valence-corrected chi connectivity index (χ4v) is 2.49. The Morgan fingerprint density at radius 2 is 2.33 bits per heavy atom. The van der Waals surface area contributed by atoms with Crippen LogP contribution >= 0.6 is 11.3 Å². The van der Waals surface area contributed by atoms with E-state index >= 15 is 0 Å². The van der Waals surface area contributed by atoms with Crippen molar-refractivity contribution < 1.29 is 5.11 Å². The highest BCUT2D eigenvalue weighted by molar-refractivity contribution is 7.08. The molecule has 1 unspecified atom stereocenters. The lowest BCUT2D eigenvalue weighted by Gasteiger charge is -2.11. The minimum absolute atomic E-state index is 0.605. The van der Waals surface area contributed by atoms with E-state index in [1.807, 2.05) is 35.4 Å². The van der Waals surface area contributed by atoms with Crippen LogP contribution in [-0.2, 0) is 6.54 Å². The number of rotatable bonds is 3.